The fourth-order valence-electron chi connectivity index (χ4n) is 2.44. The van der Waals surface area contributed by atoms with E-state index in [9.17, 15) is 4.79 Å². The van der Waals surface area contributed by atoms with Crippen LogP contribution in [0.25, 0.3) is 10.6 Å². The van der Waals surface area contributed by atoms with E-state index in [1.54, 1.807) is 4.90 Å². The van der Waals surface area contributed by atoms with Crippen molar-refractivity contribution in [1.29, 1.82) is 0 Å². The lowest BCUT2D eigenvalue weighted by Crippen LogP contribution is -2.43. The Balaban J connectivity index is 1.86. The van der Waals surface area contributed by atoms with Crippen molar-refractivity contribution in [2.75, 3.05) is 4.90 Å². The number of hydrogen-bond donors (Lipinski definition) is 0. The summed E-state index contributed by atoms with van der Waals surface area (Å²) in [4.78, 5) is 14.4. The van der Waals surface area contributed by atoms with Crippen LogP contribution in [0.2, 0.25) is 5.02 Å². The highest BCUT2D eigenvalue weighted by molar-refractivity contribution is 7.18. The summed E-state index contributed by atoms with van der Waals surface area (Å²) in [6.07, 6.45) is 3.13. The molecule has 0 bridgehead atoms. The number of hydrogen-bond acceptors (Lipinski definition) is 4. The van der Waals surface area contributed by atoms with E-state index < -0.39 is 0 Å². The summed E-state index contributed by atoms with van der Waals surface area (Å²) in [7, 11) is 0. The molecule has 1 fully saturated rings. The highest BCUT2D eigenvalue weighted by Crippen LogP contribution is 2.34. The molecule has 2 aromatic rings. The Morgan fingerprint density at radius 2 is 1.95 bits per heavy atom. The molecule has 0 saturated heterocycles. The van der Waals surface area contributed by atoms with Crippen LogP contribution >= 0.6 is 22.9 Å². The van der Waals surface area contributed by atoms with Gasteiger partial charge in [-0.15, -0.1) is 10.2 Å². The lowest BCUT2D eigenvalue weighted by molar-refractivity contribution is -0.125. The topological polar surface area (TPSA) is 46.1 Å². The molecule has 0 radical (unpaired) electrons. The molecular weight excluding hydrogens is 318 g/mol. The average Bonchev–Trinajstić information content (AvgIpc) is 2.86. The van der Waals surface area contributed by atoms with Gasteiger partial charge in [-0.2, -0.15) is 0 Å². The summed E-state index contributed by atoms with van der Waals surface area (Å²) in [6.45, 7) is 4.03. The predicted octanol–water partition coefficient (Wildman–Crippen LogP) is 4.40. The van der Waals surface area contributed by atoms with Gasteiger partial charge in [0, 0.05) is 22.5 Å². The standard InChI is InChI=1S/C16H18ClN3OS/c1-10(2)20(15(21)12-4-3-5-12)16-19-18-14(22-16)11-6-8-13(17)9-7-11/h6-10,12H,3-5H2,1-2H3. The average molecular weight is 336 g/mol. The number of amides is 1. The Morgan fingerprint density at radius 1 is 1.27 bits per heavy atom. The van der Waals surface area contributed by atoms with Gasteiger partial charge in [0.1, 0.15) is 5.01 Å². The van der Waals surface area contributed by atoms with Gasteiger partial charge in [-0.3, -0.25) is 9.69 Å². The van der Waals surface area contributed by atoms with Gasteiger partial charge < -0.3 is 0 Å². The molecule has 0 aliphatic heterocycles. The maximum Gasteiger partial charge on any atom is 0.232 e. The van der Waals surface area contributed by atoms with Crippen LogP contribution in [0.3, 0.4) is 0 Å². The van der Waals surface area contributed by atoms with Crippen LogP contribution in [-0.4, -0.2) is 22.1 Å². The summed E-state index contributed by atoms with van der Waals surface area (Å²) in [5.74, 6) is 0.338. The summed E-state index contributed by atoms with van der Waals surface area (Å²) in [5, 5.41) is 10.6. The van der Waals surface area contributed by atoms with E-state index in [0.717, 1.165) is 29.8 Å². The second-order valence-corrected chi connectivity index (χ2v) is 7.22. The maximum atomic E-state index is 12.6. The lowest BCUT2D eigenvalue weighted by Gasteiger charge is -2.32. The quantitative estimate of drug-likeness (QED) is 0.831. The normalized spacial score (nSPS) is 14.9. The van der Waals surface area contributed by atoms with Crippen molar-refractivity contribution in [3.63, 3.8) is 0 Å². The first-order valence-electron chi connectivity index (χ1n) is 7.49. The fourth-order valence-corrected chi connectivity index (χ4v) is 3.56. The van der Waals surface area contributed by atoms with E-state index in [1.807, 2.05) is 38.1 Å². The zero-order chi connectivity index (χ0) is 15.7. The lowest BCUT2D eigenvalue weighted by atomic mass is 9.84. The van der Waals surface area contributed by atoms with Crippen LogP contribution in [0, 0.1) is 5.92 Å². The zero-order valence-corrected chi connectivity index (χ0v) is 14.2. The van der Waals surface area contributed by atoms with Gasteiger partial charge in [0.05, 0.1) is 0 Å². The van der Waals surface area contributed by atoms with E-state index in [0.29, 0.717) is 10.2 Å². The zero-order valence-electron chi connectivity index (χ0n) is 12.6. The van der Waals surface area contributed by atoms with Gasteiger partial charge in [-0.05, 0) is 38.8 Å². The van der Waals surface area contributed by atoms with Gasteiger partial charge in [-0.1, -0.05) is 41.5 Å². The minimum atomic E-state index is 0.0825. The van der Waals surface area contributed by atoms with Gasteiger partial charge in [0.2, 0.25) is 11.0 Å². The van der Waals surface area contributed by atoms with E-state index in [1.165, 1.54) is 11.3 Å². The summed E-state index contributed by atoms with van der Waals surface area (Å²) in [6, 6.07) is 7.58. The summed E-state index contributed by atoms with van der Waals surface area (Å²) >= 11 is 7.36. The van der Waals surface area contributed by atoms with Crippen molar-refractivity contribution in [1.82, 2.24) is 10.2 Å². The van der Waals surface area contributed by atoms with Crippen molar-refractivity contribution in [2.24, 2.45) is 5.92 Å². The number of benzene rings is 1. The predicted molar refractivity (Wildman–Crippen MR) is 90.3 cm³/mol. The molecule has 0 unspecified atom stereocenters. The van der Waals surface area contributed by atoms with Crippen molar-refractivity contribution < 1.29 is 4.79 Å². The molecule has 1 aromatic heterocycles. The van der Waals surface area contributed by atoms with Gasteiger partial charge in [0.25, 0.3) is 0 Å². The molecule has 3 rings (SSSR count). The Bertz CT molecular complexity index is 664. The molecule has 1 aliphatic rings. The molecule has 1 aliphatic carbocycles. The molecular formula is C16H18ClN3OS. The van der Waals surface area contributed by atoms with E-state index >= 15 is 0 Å². The first kappa shape index (κ1) is 15.4. The minimum Gasteiger partial charge on any atom is -0.284 e. The van der Waals surface area contributed by atoms with Gasteiger partial charge in [-0.25, -0.2) is 0 Å². The summed E-state index contributed by atoms with van der Waals surface area (Å²) in [5.41, 5.74) is 0.966. The number of carbonyl (C=O) groups excluding carboxylic acids is 1. The van der Waals surface area contributed by atoms with Crippen LogP contribution < -0.4 is 4.90 Å². The van der Waals surface area contributed by atoms with Crippen LogP contribution in [0.15, 0.2) is 24.3 Å². The van der Waals surface area contributed by atoms with E-state index in [2.05, 4.69) is 10.2 Å². The van der Waals surface area contributed by atoms with E-state index in [4.69, 9.17) is 11.6 Å². The number of nitrogens with zero attached hydrogens (tertiary/aromatic N) is 3. The molecule has 0 N–H and O–H groups in total. The van der Waals surface area contributed by atoms with Crippen LogP contribution in [0.4, 0.5) is 5.13 Å². The number of carbonyl (C=O) groups is 1. The highest BCUT2D eigenvalue weighted by Gasteiger charge is 2.33. The third-order valence-electron chi connectivity index (χ3n) is 3.92. The fraction of sp³-hybridized carbons (Fsp3) is 0.438. The Labute approximate surface area is 139 Å². The monoisotopic (exact) mass is 335 g/mol. The second-order valence-electron chi connectivity index (χ2n) is 5.83. The molecule has 0 atom stereocenters. The smallest absolute Gasteiger partial charge is 0.232 e. The number of rotatable bonds is 4. The molecule has 22 heavy (non-hydrogen) atoms. The van der Waals surface area contributed by atoms with Crippen LogP contribution in [0.5, 0.6) is 0 Å². The molecule has 1 heterocycles. The SMILES string of the molecule is CC(C)N(C(=O)C1CCC1)c1nnc(-c2ccc(Cl)cc2)s1. The largest absolute Gasteiger partial charge is 0.284 e. The Morgan fingerprint density at radius 3 is 2.50 bits per heavy atom. The Hall–Kier alpha value is -1.46. The van der Waals surface area contributed by atoms with Gasteiger partial charge in [0.15, 0.2) is 0 Å². The molecule has 1 saturated carbocycles. The third kappa shape index (κ3) is 3.01. The molecule has 0 spiro atoms. The third-order valence-corrected chi connectivity index (χ3v) is 5.14. The van der Waals surface area contributed by atoms with Crippen molar-refractivity contribution in [3.05, 3.63) is 29.3 Å². The first-order chi connectivity index (χ1) is 10.6. The summed E-state index contributed by atoms with van der Waals surface area (Å²) < 4.78 is 0. The van der Waals surface area contributed by atoms with Crippen LogP contribution in [0.1, 0.15) is 33.1 Å². The van der Waals surface area contributed by atoms with Gasteiger partial charge >= 0.3 is 0 Å². The molecule has 1 aromatic carbocycles. The minimum absolute atomic E-state index is 0.0825. The number of anilines is 1. The van der Waals surface area contributed by atoms with Crippen molar-refractivity contribution >= 4 is 34.0 Å². The highest BCUT2D eigenvalue weighted by atomic mass is 35.5. The second kappa shape index (κ2) is 6.34. The number of halogens is 1. The van der Waals surface area contributed by atoms with Crippen molar-refractivity contribution in [2.45, 2.75) is 39.2 Å². The molecule has 1 amide bonds. The molecule has 6 heteroatoms. The molecule has 4 nitrogen and oxygen atoms in total. The molecule has 116 valence electrons. The maximum absolute atomic E-state index is 12.6. The van der Waals surface area contributed by atoms with Crippen LogP contribution in [-0.2, 0) is 4.79 Å². The Kier molecular flexibility index (Phi) is 4.45. The first-order valence-corrected chi connectivity index (χ1v) is 8.68. The van der Waals surface area contributed by atoms with Crippen molar-refractivity contribution in [3.8, 4) is 10.6 Å². The number of aromatic nitrogens is 2. The van der Waals surface area contributed by atoms with E-state index in [-0.39, 0.29) is 17.9 Å².